The molecule has 2 aromatic rings. The van der Waals surface area contributed by atoms with Crippen LogP contribution in [-0.2, 0) is 12.8 Å². The van der Waals surface area contributed by atoms with Gasteiger partial charge in [-0.25, -0.2) is 0 Å². The minimum absolute atomic E-state index is 0.202. The lowest BCUT2D eigenvalue weighted by Crippen LogP contribution is -2.38. The standard InChI is InChI=1S/C20H23NO3/c1-4-21-6-5-12-9-17(23)20(24-3)19-14-7-11(2)16(22)10-13(14)8-15(21)18(12)19/h7,9-10,15,22-23H,4-6,8H2,1-3H3. The van der Waals surface area contributed by atoms with Gasteiger partial charge < -0.3 is 14.9 Å². The van der Waals surface area contributed by atoms with E-state index in [2.05, 4.69) is 11.8 Å². The van der Waals surface area contributed by atoms with Crippen molar-refractivity contribution in [1.29, 1.82) is 0 Å². The summed E-state index contributed by atoms with van der Waals surface area (Å²) in [5.74, 6) is 1.08. The molecular formula is C20H23NO3. The van der Waals surface area contributed by atoms with Crippen LogP contribution < -0.4 is 4.74 Å². The molecule has 4 heteroatoms. The number of hydrogen-bond donors (Lipinski definition) is 2. The number of aromatic hydroxyl groups is 2. The molecule has 126 valence electrons. The fourth-order valence-electron chi connectivity index (χ4n) is 4.34. The van der Waals surface area contributed by atoms with Crippen molar-refractivity contribution >= 4 is 0 Å². The average Bonchev–Trinajstić information content (AvgIpc) is 2.56. The molecule has 2 N–H and O–H groups in total. The Morgan fingerprint density at radius 1 is 1.17 bits per heavy atom. The molecule has 0 saturated heterocycles. The largest absolute Gasteiger partial charge is 0.508 e. The van der Waals surface area contributed by atoms with E-state index < -0.39 is 0 Å². The summed E-state index contributed by atoms with van der Waals surface area (Å²) in [5, 5.41) is 20.6. The lowest BCUT2D eigenvalue weighted by Gasteiger charge is -2.42. The Morgan fingerprint density at radius 3 is 2.62 bits per heavy atom. The zero-order valence-electron chi connectivity index (χ0n) is 14.4. The third kappa shape index (κ3) is 2.02. The number of fused-ring (bicyclic) bond motifs is 2. The topological polar surface area (TPSA) is 52.9 Å². The van der Waals surface area contributed by atoms with Crippen LogP contribution in [0.1, 0.15) is 35.2 Å². The van der Waals surface area contributed by atoms with E-state index in [1.165, 1.54) is 11.1 Å². The Labute approximate surface area is 142 Å². The summed E-state index contributed by atoms with van der Waals surface area (Å²) in [4.78, 5) is 2.47. The molecule has 24 heavy (non-hydrogen) atoms. The van der Waals surface area contributed by atoms with E-state index in [1.54, 1.807) is 7.11 Å². The highest BCUT2D eigenvalue weighted by Crippen LogP contribution is 2.52. The Bertz CT molecular complexity index is 828. The summed E-state index contributed by atoms with van der Waals surface area (Å²) in [5.41, 5.74) is 6.54. The van der Waals surface area contributed by atoms with Crippen molar-refractivity contribution in [3.05, 3.63) is 40.5 Å². The van der Waals surface area contributed by atoms with E-state index in [4.69, 9.17) is 4.74 Å². The summed E-state index contributed by atoms with van der Waals surface area (Å²) in [7, 11) is 1.61. The average molecular weight is 325 g/mol. The molecule has 0 fully saturated rings. The molecule has 0 amide bonds. The van der Waals surface area contributed by atoms with E-state index in [1.807, 2.05) is 25.1 Å². The van der Waals surface area contributed by atoms with Gasteiger partial charge in [0.15, 0.2) is 11.5 Å². The molecule has 0 saturated carbocycles. The van der Waals surface area contributed by atoms with Gasteiger partial charge in [-0.15, -0.1) is 0 Å². The lowest BCUT2D eigenvalue weighted by atomic mass is 9.76. The second kappa shape index (κ2) is 5.42. The van der Waals surface area contributed by atoms with E-state index >= 15 is 0 Å². The molecule has 1 aliphatic carbocycles. The van der Waals surface area contributed by atoms with Gasteiger partial charge in [-0.05, 0) is 72.3 Å². The number of hydrogen-bond acceptors (Lipinski definition) is 4. The highest BCUT2D eigenvalue weighted by atomic mass is 16.5. The SMILES string of the molecule is CCN1CCc2cc(O)c(OC)c3c2C1Cc1cc(O)c(C)cc1-3. The van der Waals surface area contributed by atoms with Crippen LogP contribution in [0.3, 0.4) is 0 Å². The summed E-state index contributed by atoms with van der Waals surface area (Å²) in [6, 6.07) is 6.04. The van der Waals surface area contributed by atoms with Gasteiger partial charge in [0, 0.05) is 18.2 Å². The van der Waals surface area contributed by atoms with Crippen LogP contribution in [0.5, 0.6) is 17.2 Å². The van der Waals surface area contributed by atoms with Crippen molar-refractivity contribution in [2.45, 2.75) is 32.7 Å². The maximum Gasteiger partial charge on any atom is 0.168 e. The van der Waals surface area contributed by atoms with E-state index in [-0.39, 0.29) is 11.8 Å². The van der Waals surface area contributed by atoms with Gasteiger partial charge in [-0.1, -0.05) is 6.92 Å². The number of phenolic OH excluding ortho intramolecular Hbond substituents is 2. The highest BCUT2D eigenvalue weighted by Gasteiger charge is 2.37. The molecule has 1 atom stereocenters. The number of phenols is 2. The number of methoxy groups -OCH3 is 1. The highest BCUT2D eigenvalue weighted by molar-refractivity contribution is 5.84. The molecule has 1 heterocycles. The number of nitrogens with zero attached hydrogens (tertiary/aromatic N) is 1. The van der Waals surface area contributed by atoms with Crippen LogP contribution in [0, 0.1) is 6.92 Å². The van der Waals surface area contributed by atoms with Gasteiger partial charge in [-0.2, -0.15) is 0 Å². The van der Waals surface area contributed by atoms with E-state index in [9.17, 15) is 10.2 Å². The minimum Gasteiger partial charge on any atom is -0.508 e. The molecule has 0 radical (unpaired) electrons. The van der Waals surface area contributed by atoms with Crippen molar-refractivity contribution < 1.29 is 14.9 Å². The Hall–Kier alpha value is -2.20. The summed E-state index contributed by atoms with van der Waals surface area (Å²) >= 11 is 0. The van der Waals surface area contributed by atoms with Gasteiger partial charge in [0.25, 0.3) is 0 Å². The van der Waals surface area contributed by atoms with Crippen LogP contribution in [0.15, 0.2) is 18.2 Å². The van der Waals surface area contributed by atoms with Gasteiger partial charge >= 0.3 is 0 Å². The van der Waals surface area contributed by atoms with Crippen molar-refractivity contribution in [2.24, 2.45) is 0 Å². The second-order valence-electron chi connectivity index (χ2n) is 6.77. The Kier molecular flexibility index (Phi) is 3.46. The molecule has 4 nitrogen and oxygen atoms in total. The molecule has 0 spiro atoms. The third-order valence-corrected chi connectivity index (χ3v) is 5.54. The third-order valence-electron chi connectivity index (χ3n) is 5.54. The zero-order chi connectivity index (χ0) is 17.0. The van der Waals surface area contributed by atoms with Crippen LogP contribution in [0.25, 0.3) is 11.1 Å². The first-order valence-electron chi connectivity index (χ1n) is 8.54. The molecule has 0 aromatic heterocycles. The normalized spacial score (nSPS) is 18.9. The molecule has 0 bridgehead atoms. The maximum atomic E-state index is 10.5. The molecular weight excluding hydrogens is 302 g/mol. The lowest BCUT2D eigenvalue weighted by molar-refractivity contribution is 0.192. The first-order chi connectivity index (χ1) is 11.5. The van der Waals surface area contributed by atoms with Crippen molar-refractivity contribution in [1.82, 2.24) is 4.90 Å². The molecule has 1 aliphatic heterocycles. The number of likely N-dealkylation sites (N-methyl/N-ethyl adjacent to an activating group) is 1. The van der Waals surface area contributed by atoms with Crippen molar-refractivity contribution in [3.63, 3.8) is 0 Å². The van der Waals surface area contributed by atoms with E-state index in [0.29, 0.717) is 11.5 Å². The fraction of sp³-hybridized carbons (Fsp3) is 0.400. The fourth-order valence-corrected chi connectivity index (χ4v) is 4.34. The summed E-state index contributed by atoms with van der Waals surface area (Å²) < 4.78 is 5.58. The summed E-state index contributed by atoms with van der Waals surface area (Å²) in [6.45, 7) is 6.07. The quantitative estimate of drug-likeness (QED) is 0.886. The van der Waals surface area contributed by atoms with Crippen molar-refractivity contribution in [2.75, 3.05) is 20.2 Å². The molecule has 2 aliphatic rings. The summed E-state index contributed by atoms with van der Waals surface area (Å²) in [6.07, 6.45) is 1.82. The Morgan fingerprint density at radius 2 is 1.92 bits per heavy atom. The van der Waals surface area contributed by atoms with Gasteiger partial charge in [-0.3, -0.25) is 4.90 Å². The van der Waals surface area contributed by atoms with Gasteiger partial charge in [0.2, 0.25) is 0 Å². The van der Waals surface area contributed by atoms with Crippen LogP contribution >= 0.6 is 0 Å². The first kappa shape index (κ1) is 15.3. The molecule has 1 unspecified atom stereocenters. The monoisotopic (exact) mass is 325 g/mol. The second-order valence-corrected chi connectivity index (χ2v) is 6.77. The number of rotatable bonds is 2. The van der Waals surface area contributed by atoms with Crippen LogP contribution in [0.2, 0.25) is 0 Å². The molecule has 4 rings (SSSR count). The predicted octanol–water partition coefficient (Wildman–Crippen LogP) is 3.56. The number of aryl methyl sites for hydroxylation is 1. The van der Waals surface area contributed by atoms with Gasteiger partial charge in [0.1, 0.15) is 5.75 Å². The first-order valence-corrected chi connectivity index (χ1v) is 8.54. The smallest absolute Gasteiger partial charge is 0.168 e. The predicted molar refractivity (Wildman–Crippen MR) is 93.9 cm³/mol. The van der Waals surface area contributed by atoms with Crippen LogP contribution in [-0.4, -0.2) is 35.3 Å². The molecule has 2 aromatic carbocycles. The number of ether oxygens (including phenoxy) is 1. The van der Waals surface area contributed by atoms with Gasteiger partial charge in [0.05, 0.1) is 7.11 Å². The Balaban J connectivity index is 2.07. The van der Waals surface area contributed by atoms with E-state index in [0.717, 1.165) is 48.2 Å². The minimum atomic E-state index is 0.202. The van der Waals surface area contributed by atoms with Crippen molar-refractivity contribution in [3.8, 4) is 28.4 Å². The zero-order valence-corrected chi connectivity index (χ0v) is 14.4. The van der Waals surface area contributed by atoms with Crippen LogP contribution in [0.4, 0.5) is 0 Å². The number of benzene rings is 2. The maximum absolute atomic E-state index is 10.5.